The minimum absolute atomic E-state index is 0.0919. The molecule has 162 valence electrons. The number of carbonyl (C=O) groups is 4. The molecule has 9 heteroatoms. The molecule has 0 saturated carbocycles. The van der Waals surface area contributed by atoms with Crippen molar-refractivity contribution in [1.29, 1.82) is 0 Å². The molecule has 0 bridgehead atoms. The van der Waals surface area contributed by atoms with Gasteiger partial charge in [0.25, 0.3) is 17.7 Å². The number of para-hydroxylation sites is 2. The van der Waals surface area contributed by atoms with Gasteiger partial charge < -0.3 is 9.47 Å². The van der Waals surface area contributed by atoms with Crippen LogP contribution in [0.3, 0.4) is 0 Å². The SMILES string of the molecule is CCOc1ccccc1OCC(=O)NNC(=O)CCN1C(=O)c2ccc(C)cc2C1=O. The summed E-state index contributed by atoms with van der Waals surface area (Å²) in [5, 5.41) is 0. The van der Waals surface area contributed by atoms with E-state index in [2.05, 4.69) is 10.9 Å². The molecule has 0 aromatic heterocycles. The van der Waals surface area contributed by atoms with E-state index in [1.54, 1.807) is 42.5 Å². The zero-order valence-corrected chi connectivity index (χ0v) is 17.3. The van der Waals surface area contributed by atoms with Crippen molar-refractivity contribution < 1.29 is 28.7 Å². The maximum atomic E-state index is 12.4. The van der Waals surface area contributed by atoms with E-state index in [9.17, 15) is 19.2 Å². The van der Waals surface area contributed by atoms with Crippen LogP contribution in [0.5, 0.6) is 11.5 Å². The Hall–Kier alpha value is -3.88. The van der Waals surface area contributed by atoms with Gasteiger partial charge in [-0.1, -0.05) is 23.8 Å². The monoisotopic (exact) mass is 425 g/mol. The molecule has 9 nitrogen and oxygen atoms in total. The summed E-state index contributed by atoms with van der Waals surface area (Å²) < 4.78 is 10.8. The maximum Gasteiger partial charge on any atom is 0.276 e. The second-order valence-electron chi connectivity index (χ2n) is 6.83. The first kappa shape index (κ1) is 21.8. The van der Waals surface area contributed by atoms with Crippen molar-refractivity contribution in [2.45, 2.75) is 20.3 Å². The largest absolute Gasteiger partial charge is 0.490 e. The normalized spacial score (nSPS) is 12.4. The highest BCUT2D eigenvalue weighted by atomic mass is 16.5. The van der Waals surface area contributed by atoms with Gasteiger partial charge in [-0.05, 0) is 38.1 Å². The number of rotatable bonds is 8. The number of benzene rings is 2. The van der Waals surface area contributed by atoms with E-state index >= 15 is 0 Å². The fraction of sp³-hybridized carbons (Fsp3) is 0.273. The molecular weight excluding hydrogens is 402 g/mol. The summed E-state index contributed by atoms with van der Waals surface area (Å²) in [6, 6.07) is 11.9. The Morgan fingerprint density at radius 3 is 2.26 bits per heavy atom. The fourth-order valence-electron chi connectivity index (χ4n) is 3.05. The van der Waals surface area contributed by atoms with Gasteiger partial charge in [0.1, 0.15) is 0 Å². The zero-order chi connectivity index (χ0) is 22.4. The second-order valence-corrected chi connectivity index (χ2v) is 6.83. The van der Waals surface area contributed by atoms with Crippen LogP contribution in [0.4, 0.5) is 0 Å². The summed E-state index contributed by atoms with van der Waals surface area (Å²) in [6.07, 6.45) is -0.154. The van der Waals surface area contributed by atoms with Crippen LogP contribution in [0.1, 0.15) is 39.6 Å². The van der Waals surface area contributed by atoms with Crippen molar-refractivity contribution in [2.24, 2.45) is 0 Å². The van der Waals surface area contributed by atoms with Crippen LogP contribution in [-0.2, 0) is 9.59 Å². The highest BCUT2D eigenvalue weighted by Crippen LogP contribution is 2.26. The number of ether oxygens (including phenoxy) is 2. The third kappa shape index (κ3) is 5.19. The predicted octanol–water partition coefficient (Wildman–Crippen LogP) is 1.61. The first-order valence-corrected chi connectivity index (χ1v) is 9.80. The number of amides is 4. The van der Waals surface area contributed by atoms with Crippen LogP contribution in [-0.4, -0.2) is 48.3 Å². The van der Waals surface area contributed by atoms with Crippen molar-refractivity contribution in [2.75, 3.05) is 19.8 Å². The smallest absolute Gasteiger partial charge is 0.276 e. The molecule has 0 radical (unpaired) electrons. The van der Waals surface area contributed by atoms with Gasteiger partial charge in [-0.3, -0.25) is 34.9 Å². The van der Waals surface area contributed by atoms with Crippen molar-refractivity contribution in [1.82, 2.24) is 15.8 Å². The number of nitrogens with zero attached hydrogens (tertiary/aromatic N) is 1. The lowest BCUT2D eigenvalue weighted by molar-refractivity contribution is -0.130. The maximum absolute atomic E-state index is 12.4. The van der Waals surface area contributed by atoms with Crippen molar-refractivity contribution in [3.63, 3.8) is 0 Å². The molecular formula is C22H23N3O6. The molecule has 0 fully saturated rings. The first-order chi connectivity index (χ1) is 14.9. The quantitative estimate of drug-likeness (QED) is 0.491. The molecule has 0 saturated heterocycles. The molecule has 4 amide bonds. The number of carbonyl (C=O) groups excluding carboxylic acids is 4. The van der Waals surface area contributed by atoms with E-state index < -0.39 is 23.6 Å². The molecule has 0 unspecified atom stereocenters. The molecule has 1 heterocycles. The van der Waals surface area contributed by atoms with E-state index in [1.807, 2.05) is 13.8 Å². The molecule has 2 aromatic rings. The highest BCUT2D eigenvalue weighted by Gasteiger charge is 2.35. The van der Waals surface area contributed by atoms with Crippen LogP contribution < -0.4 is 20.3 Å². The third-order valence-electron chi connectivity index (χ3n) is 4.54. The number of nitrogens with one attached hydrogen (secondary N) is 2. The van der Waals surface area contributed by atoms with Gasteiger partial charge >= 0.3 is 0 Å². The Kier molecular flexibility index (Phi) is 6.86. The first-order valence-electron chi connectivity index (χ1n) is 9.80. The summed E-state index contributed by atoms with van der Waals surface area (Å²) in [4.78, 5) is 49.8. The van der Waals surface area contributed by atoms with Gasteiger partial charge in [0.05, 0.1) is 17.7 Å². The highest BCUT2D eigenvalue weighted by molar-refractivity contribution is 6.21. The van der Waals surface area contributed by atoms with Crippen LogP contribution in [0, 0.1) is 6.92 Å². The van der Waals surface area contributed by atoms with E-state index in [0.717, 1.165) is 10.5 Å². The minimum Gasteiger partial charge on any atom is -0.490 e. The van der Waals surface area contributed by atoms with Gasteiger partial charge in [0.2, 0.25) is 5.91 Å². The van der Waals surface area contributed by atoms with Crippen LogP contribution in [0.25, 0.3) is 0 Å². The summed E-state index contributed by atoms with van der Waals surface area (Å²) >= 11 is 0. The Labute approximate surface area is 179 Å². The summed E-state index contributed by atoms with van der Waals surface area (Å²) in [6.45, 7) is 3.70. The van der Waals surface area contributed by atoms with Crippen LogP contribution in [0.15, 0.2) is 42.5 Å². The Morgan fingerprint density at radius 1 is 0.903 bits per heavy atom. The van der Waals surface area contributed by atoms with E-state index in [0.29, 0.717) is 29.2 Å². The predicted molar refractivity (Wildman–Crippen MR) is 111 cm³/mol. The summed E-state index contributed by atoms with van der Waals surface area (Å²) in [5.41, 5.74) is 6.01. The van der Waals surface area contributed by atoms with Crippen molar-refractivity contribution >= 4 is 23.6 Å². The molecule has 31 heavy (non-hydrogen) atoms. The van der Waals surface area contributed by atoms with E-state index in [1.165, 1.54) is 0 Å². The number of fused-ring (bicyclic) bond motifs is 1. The number of hydrogen-bond donors (Lipinski definition) is 2. The van der Waals surface area contributed by atoms with Crippen LogP contribution >= 0.6 is 0 Å². The number of hydrazine groups is 1. The lowest BCUT2D eigenvalue weighted by atomic mass is 10.1. The Bertz CT molecular complexity index is 1020. The zero-order valence-electron chi connectivity index (χ0n) is 17.3. The standard InChI is InChI=1S/C22H23N3O6/c1-3-30-17-6-4-5-7-18(17)31-13-20(27)24-23-19(26)10-11-25-21(28)15-9-8-14(2)12-16(15)22(25)29/h4-9,12H,3,10-11,13H2,1-2H3,(H,23,26)(H,24,27). The van der Waals surface area contributed by atoms with E-state index in [-0.39, 0.29) is 19.6 Å². The molecule has 1 aliphatic rings. The Balaban J connectivity index is 1.43. The minimum atomic E-state index is -0.573. The van der Waals surface area contributed by atoms with Crippen LogP contribution in [0.2, 0.25) is 0 Å². The average Bonchev–Trinajstić information content (AvgIpc) is 2.99. The second kappa shape index (κ2) is 9.75. The van der Waals surface area contributed by atoms with E-state index in [4.69, 9.17) is 9.47 Å². The molecule has 0 aliphatic carbocycles. The lowest BCUT2D eigenvalue weighted by Gasteiger charge is -2.14. The summed E-state index contributed by atoms with van der Waals surface area (Å²) in [5.74, 6) is -1.06. The van der Waals surface area contributed by atoms with Crippen molar-refractivity contribution in [3.8, 4) is 11.5 Å². The lowest BCUT2D eigenvalue weighted by Crippen LogP contribution is -2.45. The molecule has 2 aromatic carbocycles. The number of imide groups is 1. The van der Waals surface area contributed by atoms with Crippen molar-refractivity contribution in [3.05, 3.63) is 59.2 Å². The topological polar surface area (TPSA) is 114 Å². The fourth-order valence-corrected chi connectivity index (χ4v) is 3.05. The van der Waals surface area contributed by atoms with Gasteiger partial charge in [0.15, 0.2) is 18.1 Å². The van der Waals surface area contributed by atoms with Gasteiger partial charge in [-0.15, -0.1) is 0 Å². The average molecular weight is 425 g/mol. The molecule has 1 aliphatic heterocycles. The summed E-state index contributed by atoms with van der Waals surface area (Å²) in [7, 11) is 0. The Morgan fingerprint density at radius 2 is 1.55 bits per heavy atom. The van der Waals surface area contributed by atoms with Gasteiger partial charge in [-0.25, -0.2) is 0 Å². The van der Waals surface area contributed by atoms with Gasteiger partial charge in [0, 0.05) is 13.0 Å². The molecule has 0 spiro atoms. The molecule has 2 N–H and O–H groups in total. The van der Waals surface area contributed by atoms with Gasteiger partial charge in [-0.2, -0.15) is 0 Å². The molecule has 0 atom stereocenters. The number of hydrogen-bond acceptors (Lipinski definition) is 6. The molecule has 3 rings (SSSR count). The third-order valence-corrected chi connectivity index (χ3v) is 4.54. The number of aryl methyl sites for hydroxylation is 1.